The Morgan fingerprint density at radius 3 is 2.47 bits per heavy atom. The highest BCUT2D eigenvalue weighted by atomic mass is 35.5. The summed E-state index contributed by atoms with van der Waals surface area (Å²) in [6, 6.07) is 12.6. The maximum Gasteiger partial charge on any atom is 0.185 e. The number of hydrogen-bond donors (Lipinski definition) is 0. The lowest BCUT2D eigenvalue weighted by Gasteiger charge is -2.01. The molecule has 2 aromatic rings. The predicted octanol–water partition coefficient (Wildman–Crippen LogP) is 5.20. The van der Waals surface area contributed by atoms with Crippen LogP contribution in [0.1, 0.15) is 21.5 Å². The van der Waals surface area contributed by atoms with E-state index in [1.165, 1.54) is 6.08 Å². The molecule has 0 aromatic heterocycles. The number of rotatable bonds is 3. The Hall–Kier alpha value is -1.57. The van der Waals surface area contributed by atoms with E-state index in [9.17, 15) is 4.79 Å². The highest BCUT2D eigenvalue weighted by Crippen LogP contribution is 2.19. The first-order chi connectivity index (χ1) is 9.08. The van der Waals surface area contributed by atoms with Crippen molar-refractivity contribution in [3.05, 3.63) is 75.3 Å². The van der Waals surface area contributed by atoms with Crippen LogP contribution in [-0.4, -0.2) is 5.78 Å². The molecule has 96 valence electrons. The molecule has 0 N–H and O–H groups in total. The molecule has 0 fully saturated rings. The van der Waals surface area contributed by atoms with Crippen LogP contribution in [0.2, 0.25) is 10.0 Å². The van der Waals surface area contributed by atoms with Gasteiger partial charge in [0.1, 0.15) is 0 Å². The molecular weight excluding hydrogens is 279 g/mol. The number of ketones is 1. The second kappa shape index (κ2) is 6.05. The van der Waals surface area contributed by atoms with Crippen LogP contribution in [0.4, 0.5) is 0 Å². The van der Waals surface area contributed by atoms with E-state index in [4.69, 9.17) is 23.2 Å². The van der Waals surface area contributed by atoms with Gasteiger partial charge in [-0.1, -0.05) is 41.4 Å². The molecule has 0 atom stereocenters. The Bertz CT molecular complexity index is 645. The van der Waals surface area contributed by atoms with Crippen molar-refractivity contribution in [1.29, 1.82) is 0 Å². The van der Waals surface area contributed by atoms with E-state index in [2.05, 4.69) is 0 Å². The number of carbonyl (C=O) groups excluding carboxylic acids is 1. The zero-order chi connectivity index (χ0) is 13.8. The van der Waals surface area contributed by atoms with Crippen molar-refractivity contribution in [2.75, 3.05) is 0 Å². The van der Waals surface area contributed by atoms with Gasteiger partial charge < -0.3 is 0 Å². The van der Waals surface area contributed by atoms with Crippen molar-refractivity contribution in [3.8, 4) is 0 Å². The third kappa shape index (κ3) is 3.46. The summed E-state index contributed by atoms with van der Waals surface area (Å²) in [4.78, 5) is 12.0. The van der Waals surface area contributed by atoms with E-state index >= 15 is 0 Å². The van der Waals surface area contributed by atoms with Crippen LogP contribution < -0.4 is 0 Å². The SMILES string of the molecule is Cc1cc(C(=O)/C=C/c2ccccc2Cl)ccc1Cl. The highest BCUT2D eigenvalue weighted by molar-refractivity contribution is 6.32. The summed E-state index contributed by atoms with van der Waals surface area (Å²) >= 11 is 12.0. The molecule has 0 spiro atoms. The number of carbonyl (C=O) groups is 1. The second-order valence-electron chi connectivity index (χ2n) is 4.18. The van der Waals surface area contributed by atoms with Gasteiger partial charge >= 0.3 is 0 Å². The van der Waals surface area contributed by atoms with Crippen LogP contribution in [0.3, 0.4) is 0 Å². The van der Waals surface area contributed by atoms with Crippen LogP contribution in [0, 0.1) is 6.92 Å². The molecule has 0 aliphatic rings. The lowest BCUT2D eigenvalue weighted by molar-refractivity contribution is 0.104. The van der Waals surface area contributed by atoms with E-state index in [0.717, 1.165) is 11.1 Å². The van der Waals surface area contributed by atoms with Gasteiger partial charge in [-0.25, -0.2) is 0 Å². The molecule has 0 saturated heterocycles. The molecule has 2 aromatic carbocycles. The molecule has 0 radical (unpaired) electrons. The fourth-order valence-corrected chi connectivity index (χ4v) is 1.99. The third-order valence-electron chi connectivity index (χ3n) is 2.76. The lowest BCUT2D eigenvalue weighted by Crippen LogP contribution is -1.94. The number of benzene rings is 2. The fourth-order valence-electron chi connectivity index (χ4n) is 1.67. The monoisotopic (exact) mass is 290 g/mol. The topological polar surface area (TPSA) is 17.1 Å². The summed E-state index contributed by atoms with van der Waals surface area (Å²) in [5.74, 6) is -0.0697. The van der Waals surface area contributed by atoms with Gasteiger partial charge in [-0.15, -0.1) is 0 Å². The number of aryl methyl sites for hydroxylation is 1. The third-order valence-corrected chi connectivity index (χ3v) is 3.53. The molecule has 0 aliphatic heterocycles. The average molecular weight is 291 g/mol. The molecule has 0 amide bonds. The molecule has 2 rings (SSSR count). The van der Waals surface area contributed by atoms with Gasteiger partial charge in [0.25, 0.3) is 0 Å². The maximum atomic E-state index is 12.0. The van der Waals surface area contributed by atoms with Crippen LogP contribution >= 0.6 is 23.2 Å². The summed E-state index contributed by atoms with van der Waals surface area (Å²) in [6.45, 7) is 1.87. The fraction of sp³-hybridized carbons (Fsp3) is 0.0625. The molecule has 0 bridgehead atoms. The highest BCUT2D eigenvalue weighted by Gasteiger charge is 2.04. The van der Waals surface area contributed by atoms with Gasteiger partial charge in [-0.2, -0.15) is 0 Å². The first kappa shape index (κ1) is 13.9. The average Bonchev–Trinajstić information content (AvgIpc) is 2.40. The quantitative estimate of drug-likeness (QED) is 0.561. The van der Waals surface area contributed by atoms with Crippen LogP contribution in [0.25, 0.3) is 6.08 Å². The minimum Gasteiger partial charge on any atom is -0.289 e. The van der Waals surface area contributed by atoms with Crippen molar-refractivity contribution < 1.29 is 4.79 Å². The van der Waals surface area contributed by atoms with Gasteiger partial charge in [0, 0.05) is 15.6 Å². The molecule has 0 saturated carbocycles. The van der Waals surface area contributed by atoms with Crippen molar-refractivity contribution in [2.24, 2.45) is 0 Å². The van der Waals surface area contributed by atoms with Crippen LogP contribution in [0.15, 0.2) is 48.5 Å². The zero-order valence-corrected chi connectivity index (χ0v) is 11.9. The van der Waals surface area contributed by atoms with E-state index in [1.54, 1.807) is 30.3 Å². The standard InChI is InChI=1S/C16H12Cl2O/c1-11-10-13(6-8-14(11)17)16(19)9-7-12-4-2-3-5-15(12)18/h2-10H,1H3/b9-7+. The lowest BCUT2D eigenvalue weighted by atomic mass is 10.1. The Morgan fingerprint density at radius 2 is 1.79 bits per heavy atom. The number of allylic oxidation sites excluding steroid dienone is 1. The van der Waals surface area contributed by atoms with Crippen molar-refractivity contribution in [2.45, 2.75) is 6.92 Å². The Labute approximate surface area is 122 Å². The summed E-state index contributed by atoms with van der Waals surface area (Å²) in [6.07, 6.45) is 3.23. The largest absolute Gasteiger partial charge is 0.289 e. The van der Waals surface area contributed by atoms with Crippen LogP contribution in [0.5, 0.6) is 0 Å². The second-order valence-corrected chi connectivity index (χ2v) is 5.00. The normalized spacial score (nSPS) is 10.9. The molecule has 0 aliphatic carbocycles. The number of hydrogen-bond acceptors (Lipinski definition) is 1. The molecular formula is C16H12Cl2O. The van der Waals surface area contributed by atoms with E-state index < -0.39 is 0 Å². The van der Waals surface area contributed by atoms with E-state index in [0.29, 0.717) is 15.6 Å². The molecule has 0 heterocycles. The van der Waals surface area contributed by atoms with Crippen LogP contribution in [-0.2, 0) is 0 Å². The summed E-state index contributed by atoms with van der Waals surface area (Å²) in [5, 5.41) is 1.28. The molecule has 3 heteroatoms. The molecule has 19 heavy (non-hydrogen) atoms. The molecule has 0 unspecified atom stereocenters. The van der Waals surface area contributed by atoms with Crippen molar-refractivity contribution >= 4 is 35.1 Å². The molecule has 1 nitrogen and oxygen atoms in total. The smallest absolute Gasteiger partial charge is 0.185 e. The Kier molecular flexibility index (Phi) is 4.41. The van der Waals surface area contributed by atoms with Gasteiger partial charge in [0.2, 0.25) is 0 Å². The van der Waals surface area contributed by atoms with Crippen molar-refractivity contribution in [3.63, 3.8) is 0 Å². The number of halogens is 2. The van der Waals surface area contributed by atoms with E-state index in [-0.39, 0.29) is 5.78 Å². The maximum absolute atomic E-state index is 12.0. The predicted molar refractivity (Wildman–Crippen MR) is 81.0 cm³/mol. The summed E-state index contributed by atoms with van der Waals surface area (Å²) < 4.78 is 0. The summed E-state index contributed by atoms with van der Waals surface area (Å²) in [5.41, 5.74) is 2.33. The first-order valence-corrected chi connectivity index (χ1v) is 6.56. The first-order valence-electron chi connectivity index (χ1n) is 5.81. The van der Waals surface area contributed by atoms with Gasteiger partial charge in [0.15, 0.2) is 5.78 Å². The summed E-state index contributed by atoms with van der Waals surface area (Å²) in [7, 11) is 0. The van der Waals surface area contributed by atoms with Crippen molar-refractivity contribution in [1.82, 2.24) is 0 Å². The zero-order valence-electron chi connectivity index (χ0n) is 10.4. The minimum atomic E-state index is -0.0697. The van der Waals surface area contributed by atoms with Gasteiger partial charge in [0.05, 0.1) is 0 Å². The van der Waals surface area contributed by atoms with Gasteiger partial charge in [-0.05, 0) is 54.5 Å². The Balaban J connectivity index is 2.21. The Morgan fingerprint density at radius 1 is 1.05 bits per heavy atom. The minimum absolute atomic E-state index is 0.0697. The van der Waals surface area contributed by atoms with Gasteiger partial charge in [-0.3, -0.25) is 4.79 Å². The van der Waals surface area contributed by atoms with E-state index in [1.807, 2.05) is 25.1 Å².